The number of aromatic nitrogens is 2. The van der Waals surface area contributed by atoms with Crippen LogP contribution in [0.5, 0.6) is 0 Å². The number of aryl methyl sites for hydroxylation is 2. The number of sulfonamides is 1. The molecule has 2 fully saturated rings. The maximum absolute atomic E-state index is 12.8. The van der Waals surface area contributed by atoms with Gasteiger partial charge in [0.25, 0.3) is 10.0 Å². The Morgan fingerprint density at radius 2 is 2.09 bits per heavy atom. The zero-order chi connectivity index (χ0) is 15.2. The Morgan fingerprint density at radius 3 is 2.68 bits per heavy atom. The van der Waals surface area contributed by atoms with E-state index in [9.17, 15) is 8.42 Å². The van der Waals surface area contributed by atoms with Crippen LogP contribution in [0.2, 0.25) is 0 Å². The number of imidazole rings is 1. The minimum Gasteiger partial charge on any atom is -0.334 e. The molecule has 1 aliphatic heterocycles. The lowest BCUT2D eigenvalue weighted by molar-refractivity contribution is 0.260. The maximum Gasteiger partial charge on any atom is 0.262 e. The van der Waals surface area contributed by atoms with Crippen LogP contribution in [0.3, 0.4) is 0 Å². The van der Waals surface area contributed by atoms with Crippen molar-refractivity contribution < 1.29 is 8.42 Å². The van der Waals surface area contributed by atoms with E-state index in [4.69, 9.17) is 5.73 Å². The van der Waals surface area contributed by atoms with Crippen molar-refractivity contribution in [3.8, 4) is 0 Å². The third kappa shape index (κ3) is 2.91. The molecule has 0 bridgehead atoms. The summed E-state index contributed by atoms with van der Waals surface area (Å²) in [6.07, 6.45) is 4.86. The van der Waals surface area contributed by atoms with Gasteiger partial charge in [0, 0.05) is 31.9 Å². The third-order valence-electron chi connectivity index (χ3n) is 5.02. The molecule has 1 saturated carbocycles. The number of halogens is 1. The SMILES string of the molecule is CCn1cc(S(=O)(=O)N2CC3CCCC(N)C3C2)nc1C.Cl. The van der Waals surface area contributed by atoms with Crippen LogP contribution in [0.4, 0.5) is 0 Å². The molecule has 3 atom stereocenters. The Labute approximate surface area is 138 Å². The van der Waals surface area contributed by atoms with Gasteiger partial charge in [-0.25, -0.2) is 13.4 Å². The number of nitrogens with zero attached hydrogens (tertiary/aromatic N) is 3. The van der Waals surface area contributed by atoms with Gasteiger partial charge in [-0.3, -0.25) is 0 Å². The fraction of sp³-hybridized carbons (Fsp3) is 0.786. The maximum atomic E-state index is 12.8. The summed E-state index contributed by atoms with van der Waals surface area (Å²) in [5.41, 5.74) is 6.17. The Balaban J connectivity index is 0.00000176. The summed E-state index contributed by atoms with van der Waals surface area (Å²) in [7, 11) is -3.49. The molecule has 1 saturated heterocycles. The smallest absolute Gasteiger partial charge is 0.262 e. The van der Waals surface area contributed by atoms with Gasteiger partial charge in [-0.15, -0.1) is 12.4 Å². The lowest BCUT2D eigenvalue weighted by Crippen LogP contribution is -2.38. The molecule has 3 rings (SSSR count). The monoisotopic (exact) mass is 348 g/mol. The van der Waals surface area contributed by atoms with Gasteiger partial charge < -0.3 is 10.3 Å². The first kappa shape index (κ1) is 17.7. The molecule has 0 amide bonds. The second-order valence-corrected chi connectivity index (χ2v) is 8.14. The van der Waals surface area contributed by atoms with E-state index in [1.165, 1.54) is 0 Å². The van der Waals surface area contributed by atoms with Crippen LogP contribution in [0, 0.1) is 18.8 Å². The summed E-state index contributed by atoms with van der Waals surface area (Å²) >= 11 is 0. The van der Waals surface area contributed by atoms with Crippen LogP contribution in [0.25, 0.3) is 0 Å². The van der Waals surface area contributed by atoms with Gasteiger partial charge in [0.1, 0.15) is 5.82 Å². The summed E-state index contributed by atoms with van der Waals surface area (Å²) in [4.78, 5) is 4.24. The van der Waals surface area contributed by atoms with Crippen molar-refractivity contribution in [3.05, 3.63) is 12.0 Å². The van der Waals surface area contributed by atoms with E-state index in [1.807, 2.05) is 18.4 Å². The third-order valence-corrected chi connectivity index (χ3v) is 6.72. The van der Waals surface area contributed by atoms with Crippen molar-refractivity contribution in [2.24, 2.45) is 17.6 Å². The number of rotatable bonds is 3. The Kier molecular flexibility index (Phi) is 5.21. The van der Waals surface area contributed by atoms with Gasteiger partial charge in [0.2, 0.25) is 0 Å². The second kappa shape index (κ2) is 6.47. The Hall–Kier alpha value is -0.630. The molecule has 1 aromatic rings. The number of fused-ring (bicyclic) bond motifs is 1. The standard InChI is InChI=1S/C14H24N4O2S.ClH/c1-3-17-9-14(16-10(17)2)21(19,20)18-7-11-5-4-6-13(15)12(11)8-18;/h9,11-13H,3-8,15H2,1-2H3;1H. The van der Waals surface area contributed by atoms with E-state index in [2.05, 4.69) is 4.98 Å². The van der Waals surface area contributed by atoms with E-state index in [-0.39, 0.29) is 23.5 Å². The van der Waals surface area contributed by atoms with E-state index >= 15 is 0 Å². The average Bonchev–Trinajstić information content (AvgIpc) is 3.03. The molecular weight excluding hydrogens is 324 g/mol. The van der Waals surface area contributed by atoms with Gasteiger partial charge >= 0.3 is 0 Å². The second-order valence-electron chi connectivity index (χ2n) is 6.25. The molecule has 0 spiro atoms. The normalized spacial score (nSPS) is 29.1. The molecule has 2 aliphatic rings. The van der Waals surface area contributed by atoms with Crippen molar-refractivity contribution in [2.75, 3.05) is 13.1 Å². The van der Waals surface area contributed by atoms with Crippen molar-refractivity contribution in [1.29, 1.82) is 0 Å². The predicted octanol–water partition coefficient (Wildman–Crippen LogP) is 1.38. The molecule has 126 valence electrons. The molecule has 0 aromatic carbocycles. The number of nitrogens with two attached hydrogens (primary N) is 1. The molecule has 3 unspecified atom stereocenters. The first-order valence-corrected chi connectivity index (χ1v) is 9.17. The Bertz CT molecular complexity index is 631. The van der Waals surface area contributed by atoms with Crippen LogP contribution >= 0.6 is 12.4 Å². The van der Waals surface area contributed by atoms with Crippen LogP contribution < -0.4 is 5.73 Å². The highest BCUT2D eigenvalue weighted by atomic mass is 35.5. The zero-order valence-electron chi connectivity index (χ0n) is 13.1. The molecule has 1 aliphatic carbocycles. The first-order chi connectivity index (χ1) is 9.93. The lowest BCUT2D eigenvalue weighted by Gasteiger charge is -2.29. The topological polar surface area (TPSA) is 81.2 Å². The van der Waals surface area contributed by atoms with Crippen LogP contribution in [-0.2, 0) is 16.6 Å². The summed E-state index contributed by atoms with van der Waals surface area (Å²) in [6, 6.07) is 0.138. The minimum atomic E-state index is -3.49. The van der Waals surface area contributed by atoms with Gasteiger partial charge in [-0.1, -0.05) is 6.42 Å². The molecule has 0 radical (unpaired) electrons. The van der Waals surface area contributed by atoms with E-state index in [0.717, 1.165) is 31.6 Å². The van der Waals surface area contributed by atoms with E-state index in [0.29, 0.717) is 24.9 Å². The summed E-state index contributed by atoms with van der Waals surface area (Å²) in [5, 5.41) is 0.175. The van der Waals surface area contributed by atoms with Gasteiger partial charge in [0.05, 0.1) is 0 Å². The van der Waals surface area contributed by atoms with Gasteiger partial charge in [0.15, 0.2) is 5.03 Å². The first-order valence-electron chi connectivity index (χ1n) is 7.73. The van der Waals surface area contributed by atoms with Gasteiger partial charge in [-0.05, 0) is 38.5 Å². The average molecular weight is 349 g/mol. The summed E-state index contributed by atoms with van der Waals surface area (Å²) in [5.74, 6) is 1.46. The molecule has 2 N–H and O–H groups in total. The largest absolute Gasteiger partial charge is 0.334 e. The van der Waals surface area contributed by atoms with Crippen molar-refractivity contribution in [3.63, 3.8) is 0 Å². The van der Waals surface area contributed by atoms with E-state index < -0.39 is 10.0 Å². The van der Waals surface area contributed by atoms with Gasteiger partial charge in [-0.2, -0.15) is 4.31 Å². The quantitative estimate of drug-likeness (QED) is 0.894. The summed E-state index contributed by atoms with van der Waals surface area (Å²) < 4.78 is 29.0. The number of hydrogen-bond acceptors (Lipinski definition) is 4. The highest BCUT2D eigenvalue weighted by molar-refractivity contribution is 7.89. The molecule has 6 nitrogen and oxygen atoms in total. The fourth-order valence-electron chi connectivity index (χ4n) is 3.73. The highest BCUT2D eigenvalue weighted by Gasteiger charge is 2.43. The Morgan fingerprint density at radius 1 is 1.36 bits per heavy atom. The molecule has 2 heterocycles. The molecule has 8 heteroatoms. The predicted molar refractivity (Wildman–Crippen MR) is 87.5 cm³/mol. The summed E-state index contributed by atoms with van der Waals surface area (Å²) in [6.45, 7) is 5.69. The zero-order valence-corrected chi connectivity index (χ0v) is 14.7. The minimum absolute atomic E-state index is 0. The number of hydrogen-bond donors (Lipinski definition) is 1. The molecule has 22 heavy (non-hydrogen) atoms. The van der Waals surface area contributed by atoms with Crippen LogP contribution in [-0.4, -0.2) is 41.4 Å². The van der Waals surface area contributed by atoms with Crippen molar-refractivity contribution in [2.45, 2.75) is 50.7 Å². The van der Waals surface area contributed by atoms with Crippen molar-refractivity contribution >= 4 is 22.4 Å². The fourth-order valence-corrected chi connectivity index (χ4v) is 5.26. The van der Waals surface area contributed by atoms with E-state index in [1.54, 1.807) is 10.5 Å². The van der Waals surface area contributed by atoms with Crippen LogP contribution in [0.1, 0.15) is 32.0 Å². The van der Waals surface area contributed by atoms with Crippen molar-refractivity contribution in [1.82, 2.24) is 13.9 Å². The lowest BCUT2D eigenvalue weighted by atomic mass is 9.78. The molecule has 1 aromatic heterocycles. The molecular formula is C14H25ClN4O2S. The van der Waals surface area contributed by atoms with Crippen LogP contribution in [0.15, 0.2) is 11.2 Å². The highest BCUT2D eigenvalue weighted by Crippen LogP contribution is 2.37.